The number of nitrogens with zero attached hydrogens (tertiary/aromatic N) is 2. The van der Waals surface area contributed by atoms with Crippen molar-refractivity contribution in [1.29, 1.82) is 0 Å². The number of para-hydroxylation sites is 1. The molecule has 2 rings (SSSR count). The highest BCUT2D eigenvalue weighted by Crippen LogP contribution is 2.20. The Kier molecular flexibility index (Phi) is 11.0. The summed E-state index contributed by atoms with van der Waals surface area (Å²) in [6, 6.07) is 8.10. The lowest BCUT2D eigenvalue weighted by Crippen LogP contribution is -2.48. The van der Waals surface area contributed by atoms with E-state index in [0.29, 0.717) is 13.0 Å². The number of methoxy groups -OCH3 is 1. The molecular weight excluding hydrogens is 337 g/mol. The molecule has 1 aliphatic heterocycles. The first-order chi connectivity index (χ1) is 10.2. The Morgan fingerprint density at radius 2 is 1.83 bits per heavy atom. The molecule has 132 valence electrons. The largest absolute Gasteiger partial charge is 0.496 e. The monoisotopic (exact) mass is 363 g/mol. The Morgan fingerprint density at radius 3 is 2.43 bits per heavy atom. The fraction of sp³-hybridized carbons (Fsp3) is 0.562. The Labute approximate surface area is 151 Å². The van der Waals surface area contributed by atoms with Crippen LogP contribution in [0.1, 0.15) is 18.4 Å². The van der Waals surface area contributed by atoms with Crippen molar-refractivity contribution in [3.05, 3.63) is 29.8 Å². The highest BCUT2D eigenvalue weighted by molar-refractivity contribution is 5.85. The topological polar surface area (TPSA) is 58.8 Å². The van der Waals surface area contributed by atoms with Crippen molar-refractivity contribution >= 4 is 30.7 Å². The highest BCUT2D eigenvalue weighted by Gasteiger charge is 2.21. The number of nitrogens with two attached hydrogens (primary N) is 1. The van der Waals surface area contributed by atoms with Gasteiger partial charge in [-0.15, -0.1) is 24.8 Å². The van der Waals surface area contributed by atoms with Gasteiger partial charge in [-0.05, 0) is 19.0 Å². The lowest BCUT2D eigenvalue weighted by atomic mass is 10.1. The molecule has 2 N–H and O–H groups in total. The molecule has 5 nitrogen and oxygen atoms in total. The first-order valence-corrected chi connectivity index (χ1v) is 7.56. The van der Waals surface area contributed by atoms with Gasteiger partial charge in [-0.3, -0.25) is 9.69 Å². The molecule has 0 aromatic heterocycles. The second-order valence-corrected chi connectivity index (χ2v) is 5.36. The number of ether oxygens (including phenoxy) is 1. The maximum absolute atomic E-state index is 12.0. The summed E-state index contributed by atoms with van der Waals surface area (Å²) in [7, 11) is 1.70. The molecule has 0 aliphatic carbocycles. The maximum Gasteiger partial charge on any atom is 0.222 e. The summed E-state index contributed by atoms with van der Waals surface area (Å²) in [6.45, 7) is 4.88. The van der Waals surface area contributed by atoms with Crippen LogP contribution in [0, 0.1) is 0 Å². The molecule has 0 unspecified atom stereocenters. The van der Waals surface area contributed by atoms with Crippen molar-refractivity contribution in [3.8, 4) is 5.75 Å². The minimum atomic E-state index is 0. The summed E-state index contributed by atoms with van der Waals surface area (Å²) in [6.07, 6.45) is 1.35. The Bertz CT molecular complexity index is 466. The molecule has 1 aromatic rings. The van der Waals surface area contributed by atoms with Crippen LogP contribution in [0.4, 0.5) is 0 Å². The van der Waals surface area contributed by atoms with Crippen LogP contribution >= 0.6 is 24.8 Å². The lowest BCUT2D eigenvalue weighted by molar-refractivity contribution is -0.133. The zero-order valence-electron chi connectivity index (χ0n) is 13.6. The lowest BCUT2D eigenvalue weighted by Gasteiger charge is -2.35. The van der Waals surface area contributed by atoms with Gasteiger partial charge in [0, 0.05) is 44.7 Å². The normalized spacial score (nSPS) is 14.6. The van der Waals surface area contributed by atoms with Crippen molar-refractivity contribution in [2.45, 2.75) is 19.4 Å². The minimum absolute atomic E-state index is 0. The van der Waals surface area contributed by atoms with Crippen molar-refractivity contribution < 1.29 is 9.53 Å². The summed E-state index contributed by atoms with van der Waals surface area (Å²) in [5.74, 6) is 1.16. The van der Waals surface area contributed by atoms with E-state index in [1.54, 1.807) is 7.11 Å². The number of piperazine rings is 1. The van der Waals surface area contributed by atoms with Gasteiger partial charge in [0.25, 0.3) is 0 Å². The number of carbonyl (C=O) groups excluding carboxylic acids is 1. The summed E-state index contributed by atoms with van der Waals surface area (Å²) in [5.41, 5.74) is 6.65. The number of carbonyl (C=O) groups is 1. The Balaban J connectivity index is 0.00000242. The number of benzene rings is 1. The average Bonchev–Trinajstić information content (AvgIpc) is 2.54. The molecule has 1 fully saturated rings. The number of hydrogen-bond donors (Lipinski definition) is 1. The fourth-order valence-electron chi connectivity index (χ4n) is 2.64. The van der Waals surface area contributed by atoms with Gasteiger partial charge in [0.1, 0.15) is 5.75 Å². The van der Waals surface area contributed by atoms with Gasteiger partial charge in [-0.1, -0.05) is 18.2 Å². The van der Waals surface area contributed by atoms with Crippen LogP contribution in [0.5, 0.6) is 5.75 Å². The summed E-state index contributed by atoms with van der Waals surface area (Å²) < 4.78 is 5.39. The number of halogens is 2. The molecule has 0 bridgehead atoms. The van der Waals surface area contributed by atoms with Gasteiger partial charge in [-0.2, -0.15) is 0 Å². The van der Waals surface area contributed by atoms with Gasteiger partial charge in [0.2, 0.25) is 5.91 Å². The number of hydrogen-bond acceptors (Lipinski definition) is 4. The third kappa shape index (κ3) is 6.55. The summed E-state index contributed by atoms with van der Waals surface area (Å²) in [5, 5.41) is 0. The molecule has 1 amide bonds. The highest BCUT2D eigenvalue weighted by atomic mass is 35.5. The smallest absolute Gasteiger partial charge is 0.222 e. The van der Waals surface area contributed by atoms with Crippen molar-refractivity contribution in [1.82, 2.24) is 9.80 Å². The van der Waals surface area contributed by atoms with Crippen LogP contribution in [0.2, 0.25) is 0 Å². The maximum atomic E-state index is 12.0. The van der Waals surface area contributed by atoms with Gasteiger partial charge in [0.15, 0.2) is 0 Å². The summed E-state index contributed by atoms with van der Waals surface area (Å²) in [4.78, 5) is 16.3. The fourth-order valence-corrected chi connectivity index (χ4v) is 2.64. The van der Waals surface area contributed by atoms with E-state index in [-0.39, 0.29) is 30.7 Å². The minimum Gasteiger partial charge on any atom is -0.496 e. The van der Waals surface area contributed by atoms with Gasteiger partial charge in [0.05, 0.1) is 7.11 Å². The molecule has 0 radical (unpaired) electrons. The zero-order valence-corrected chi connectivity index (χ0v) is 15.2. The van der Waals surface area contributed by atoms with E-state index in [1.165, 1.54) is 5.56 Å². The van der Waals surface area contributed by atoms with E-state index in [9.17, 15) is 4.79 Å². The van der Waals surface area contributed by atoms with Crippen molar-refractivity contribution in [2.24, 2.45) is 5.73 Å². The Hall–Kier alpha value is -1.01. The van der Waals surface area contributed by atoms with E-state index in [1.807, 2.05) is 23.1 Å². The summed E-state index contributed by atoms with van der Waals surface area (Å²) >= 11 is 0. The van der Waals surface area contributed by atoms with Crippen LogP contribution in [-0.4, -0.2) is 55.5 Å². The molecule has 0 saturated carbocycles. The quantitative estimate of drug-likeness (QED) is 0.838. The molecule has 1 aromatic carbocycles. The molecule has 0 atom stereocenters. The van der Waals surface area contributed by atoms with Gasteiger partial charge >= 0.3 is 0 Å². The molecule has 0 spiro atoms. The predicted molar refractivity (Wildman–Crippen MR) is 97.6 cm³/mol. The van der Waals surface area contributed by atoms with Gasteiger partial charge in [-0.25, -0.2) is 0 Å². The van der Waals surface area contributed by atoms with Crippen LogP contribution in [0.25, 0.3) is 0 Å². The zero-order chi connectivity index (χ0) is 15.1. The standard InChI is InChI=1S/C16H25N3O2.2ClH/c1-21-15-6-3-2-5-14(15)13-18-9-11-19(12-10-18)16(20)7-4-8-17;;/h2-3,5-6H,4,7-13,17H2,1H3;2*1H. The third-order valence-corrected chi connectivity index (χ3v) is 3.91. The van der Waals surface area contributed by atoms with E-state index in [4.69, 9.17) is 10.5 Å². The van der Waals surface area contributed by atoms with Crippen LogP contribution in [0.3, 0.4) is 0 Å². The van der Waals surface area contributed by atoms with E-state index < -0.39 is 0 Å². The van der Waals surface area contributed by atoms with Crippen LogP contribution in [0.15, 0.2) is 24.3 Å². The van der Waals surface area contributed by atoms with E-state index in [0.717, 1.165) is 44.9 Å². The van der Waals surface area contributed by atoms with Crippen molar-refractivity contribution in [2.75, 3.05) is 39.8 Å². The van der Waals surface area contributed by atoms with E-state index >= 15 is 0 Å². The average molecular weight is 364 g/mol. The second kappa shape index (κ2) is 11.5. The SMILES string of the molecule is COc1ccccc1CN1CCN(C(=O)CCCN)CC1.Cl.Cl. The third-order valence-electron chi connectivity index (χ3n) is 3.91. The second-order valence-electron chi connectivity index (χ2n) is 5.36. The van der Waals surface area contributed by atoms with Gasteiger partial charge < -0.3 is 15.4 Å². The molecule has 1 aliphatic rings. The van der Waals surface area contributed by atoms with E-state index in [2.05, 4.69) is 11.0 Å². The molecular formula is C16H27Cl2N3O2. The molecule has 1 saturated heterocycles. The van der Waals surface area contributed by atoms with Crippen LogP contribution in [-0.2, 0) is 11.3 Å². The predicted octanol–water partition coefficient (Wildman–Crippen LogP) is 1.92. The molecule has 23 heavy (non-hydrogen) atoms. The first-order valence-electron chi connectivity index (χ1n) is 7.56. The van der Waals surface area contributed by atoms with Crippen molar-refractivity contribution in [3.63, 3.8) is 0 Å². The van der Waals surface area contributed by atoms with Crippen LogP contribution < -0.4 is 10.5 Å². The Morgan fingerprint density at radius 1 is 1.17 bits per heavy atom. The molecule has 7 heteroatoms. The number of rotatable bonds is 6. The molecule has 1 heterocycles. The number of amides is 1. The first kappa shape index (κ1) is 22.0.